The molecule has 1 aliphatic heterocycles. The zero-order valence-electron chi connectivity index (χ0n) is 38.0. The van der Waals surface area contributed by atoms with Gasteiger partial charge in [0.25, 0.3) is 5.92 Å². The lowest BCUT2D eigenvalue weighted by atomic mass is 9.98. The second kappa shape index (κ2) is 17.9. The number of hydrogen-bond acceptors (Lipinski definition) is 8. The number of methoxy groups -OCH3 is 2. The van der Waals surface area contributed by atoms with E-state index in [-0.39, 0.29) is 65.4 Å². The van der Waals surface area contributed by atoms with E-state index in [4.69, 9.17) is 9.72 Å². The van der Waals surface area contributed by atoms with Crippen molar-refractivity contribution in [3.05, 3.63) is 83.6 Å². The highest BCUT2D eigenvalue weighted by molar-refractivity contribution is 5.88. The van der Waals surface area contributed by atoms with E-state index in [1.54, 1.807) is 35.4 Å². The third kappa shape index (κ3) is 8.91. The Morgan fingerprint density at radius 1 is 0.908 bits per heavy atom. The largest absolute Gasteiger partial charge is 0.453 e. The van der Waals surface area contributed by atoms with Crippen LogP contribution in [0.3, 0.4) is 0 Å². The van der Waals surface area contributed by atoms with Crippen molar-refractivity contribution in [2.75, 3.05) is 27.3 Å². The highest BCUT2D eigenvalue weighted by atomic mass is 19.3. The Hall–Kier alpha value is -6.32. The Labute approximate surface area is 377 Å². The second-order valence-electron chi connectivity index (χ2n) is 18.6. The molecular weight excluding hydrogens is 835 g/mol. The predicted molar refractivity (Wildman–Crippen MR) is 242 cm³/mol. The maximum atomic E-state index is 16.5. The minimum absolute atomic E-state index is 0.0266. The lowest BCUT2D eigenvalue weighted by Gasteiger charge is -2.34. The summed E-state index contributed by atoms with van der Waals surface area (Å²) in [5, 5.41) is 5.17. The maximum absolute atomic E-state index is 16.5. The highest BCUT2D eigenvalue weighted by Gasteiger charge is 2.50. The van der Waals surface area contributed by atoms with Gasteiger partial charge in [-0.15, -0.1) is 0 Å². The second-order valence-corrected chi connectivity index (χ2v) is 18.6. The van der Waals surface area contributed by atoms with E-state index in [2.05, 4.69) is 51.1 Å². The van der Waals surface area contributed by atoms with Crippen molar-refractivity contribution in [3.63, 3.8) is 0 Å². The molecule has 3 fully saturated rings. The van der Waals surface area contributed by atoms with Crippen molar-refractivity contribution in [2.24, 2.45) is 17.3 Å². The predicted octanol–water partition coefficient (Wildman–Crippen LogP) is 9.07. The van der Waals surface area contributed by atoms with Gasteiger partial charge in [0, 0.05) is 29.3 Å². The van der Waals surface area contributed by atoms with E-state index in [0.717, 1.165) is 43.2 Å². The number of alkyl halides is 2. The zero-order chi connectivity index (χ0) is 46.4. The maximum Gasteiger partial charge on any atom is 0.407 e. The molecule has 16 heteroatoms. The number of carbonyl (C=O) groups excluding carboxylic acids is 4. The van der Waals surface area contributed by atoms with E-state index in [9.17, 15) is 19.2 Å². The normalized spacial score (nSPS) is 19.8. The van der Waals surface area contributed by atoms with Crippen LogP contribution in [0.15, 0.2) is 60.8 Å². The first-order valence-corrected chi connectivity index (χ1v) is 22.6. The highest BCUT2D eigenvalue weighted by Crippen LogP contribution is 2.53. The lowest BCUT2D eigenvalue weighted by Crippen LogP contribution is -2.52. The van der Waals surface area contributed by atoms with Crippen molar-refractivity contribution >= 4 is 35.0 Å². The van der Waals surface area contributed by atoms with Gasteiger partial charge in [-0.2, -0.15) is 8.78 Å². The number of piperidine rings is 1. The number of ether oxygens (including phenoxy) is 2. The Morgan fingerprint density at radius 3 is 2.22 bits per heavy atom. The summed E-state index contributed by atoms with van der Waals surface area (Å²) in [6, 6.07) is 14.8. The fourth-order valence-corrected chi connectivity index (χ4v) is 9.64. The summed E-state index contributed by atoms with van der Waals surface area (Å²) in [4.78, 5) is 70.6. The number of imidazole rings is 2. The third-order valence-corrected chi connectivity index (χ3v) is 13.2. The number of nitrogens with zero attached hydrogens (tertiary/aromatic N) is 4. The number of likely N-dealkylation sites (tertiary alicyclic amines) is 1. The SMILES string of the molecule is CCC.COC(=O)NCC(=O)N1C2CCC(C2)C1c1nc2ccc(-c3ccc4c(c3)C(F)(F)c3cc(-c5cnc(CN(CC6(C)CC6)C(=O)C(NC(=O)OC)C(C)C)[nH]5)ccc3-4)cc2[nH]1. The number of H-pyrrole nitrogens is 2. The number of nitrogens with one attached hydrogen (secondary N) is 4. The molecule has 3 aromatic carbocycles. The standard InChI is InChI=1S/C46H50F2N8O6.C3H8/c1-24(2)39(54-44(60)62-5)42(58)55(23-45(3)14-15-45)22-37-49-20-36(51-37)27-8-12-31-30-11-7-25(17-32(30)46(47,48)33(31)18-27)26-9-13-34-35(19-26)53-41(52-34)40-28-6-10-29(16-28)56(40)38(57)21-50-43(59)61-4;1-3-2/h7-9,11-13,17-20,24,28-29,39-40H,6,10,14-16,21-23H2,1-5H3,(H,49,51)(H,50,59)(H,52,53)(H,54,60);3H2,1-2H3. The number of fused-ring (bicyclic) bond motifs is 6. The van der Waals surface area contributed by atoms with Gasteiger partial charge in [-0.1, -0.05) is 71.4 Å². The van der Waals surface area contributed by atoms with Crippen LogP contribution >= 0.6 is 0 Å². The molecule has 3 heterocycles. The summed E-state index contributed by atoms with van der Waals surface area (Å²) in [6.07, 6.45) is 6.19. The topological polar surface area (TPSA) is 175 Å². The number of alkyl carbamates (subject to hydrolysis) is 2. The molecule has 5 aromatic rings. The molecule has 344 valence electrons. The molecule has 4 unspecified atom stereocenters. The molecule has 1 saturated heterocycles. The van der Waals surface area contributed by atoms with Gasteiger partial charge in [-0.05, 0) is 95.9 Å². The minimum Gasteiger partial charge on any atom is -0.453 e. The monoisotopic (exact) mass is 892 g/mol. The fraction of sp³-hybridized carbons (Fsp3) is 0.469. The number of aromatic amines is 2. The smallest absolute Gasteiger partial charge is 0.407 e. The van der Waals surface area contributed by atoms with Crippen LogP contribution in [0.25, 0.3) is 44.5 Å². The first kappa shape index (κ1) is 45.3. The quantitative estimate of drug-likeness (QED) is 0.0960. The molecule has 2 saturated carbocycles. The van der Waals surface area contributed by atoms with Crippen molar-refractivity contribution in [1.29, 1.82) is 0 Å². The summed E-state index contributed by atoms with van der Waals surface area (Å²) in [6.45, 7) is 10.5. The summed E-state index contributed by atoms with van der Waals surface area (Å²) >= 11 is 0. The van der Waals surface area contributed by atoms with Crippen LogP contribution < -0.4 is 10.6 Å². The Morgan fingerprint density at radius 2 is 1.55 bits per heavy atom. The molecule has 4 amide bonds. The van der Waals surface area contributed by atoms with Crippen LogP contribution in [0.4, 0.5) is 18.4 Å². The molecule has 3 aliphatic carbocycles. The van der Waals surface area contributed by atoms with Gasteiger partial charge in [-0.25, -0.2) is 19.6 Å². The average Bonchev–Trinajstić information content (AvgIpc) is 3.87. The number of carbonyl (C=O) groups is 4. The van der Waals surface area contributed by atoms with Gasteiger partial charge in [0.2, 0.25) is 11.8 Å². The number of aromatic nitrogens is 4. The average molecular weight is 893 g/mol. The van der Waals surface area contributed by atoms with E-state index in [1.165, 1.54) is 26.7 Å². The molecule has 14 nitrogen and oxygen atoms in total. The number of benzene rings is 3. The van der Waals surface area contributed by atoms with Crippen LogP contribution in [0.5, 0.6) is 0 Å². The van der Waals surface area contributed by atoms with Gasteiger partial charge in [0.05, 0.1) is 49.7 Å². The van der Waals surface area contributed by atoms with Crippen LogP contribution in [0.2, 0.25) is 0 Å². The first-order chi connectivity index (χ1) is 31.1. The van der Waals surface area contributed by atoms with Crippen LogP contribution in [0.1, 0.15) is 102 Å². The van der Waals surface area contributed by atoms with E-state index in [0.29, 0.717) is 51.7 Å². The molecule has 2 aromatic heterocycles. The van der Waals surface area contributed by atoms with Crippen LogP contribution in [-0.4, -0.2) is 93.1 Å². The van der Waals surface area contributed by atoms with Crippen LogP contribution in [0, 0.1) is 17.3 Å². The molecule has 65 heavy (non-hydrogen) atoms. The van der Waals surface area contributed by atoms with Gasteiger partial charge in [0.15, 0.2) is 0 Å². The Bertz CT molecular complexity index is 2620. The Balaban J connectivity index is 0.00000187. The van der Waals surface area contributed by atoms with Crippen LogP contribution in [-0.2, 0) is 31.5 Å². The molecule has 0 spiro atoms. The number of amides is 4. The van der Waals surface area contributed by atoms with E-state index in [1.807, 2.05) is 43.0 Å². The summed E-state index contributed by atoms with van der Waals surface area (Å²) in [5.74, 6) is -2.53. The van der Waals surface area contributed by atoms with Gasteiger partial charge >= 0.3 is 12.2 Å². The van der Waals surface area contributed by atoms with Gasteiger partial charge < -0.3 is 39.9 Å². The van der Waals surface area contributed by atoms with Crippen molar-refractivity contribution < 1.29 is 37.4 Å². The lowest BCUT2D eigenvalue weighted by molar-refractivity contribution is -0.136. The van der Waals surface area contributed by atoms with Gasteiger partial charge in [-0.3, -0.25) is 9.59 Å². The molecule has 4 N–H and O–H groups in total. The van der Waals surface area contributed by atoms with Crippen molar-refractivity contribution in [1.82, 2.24) is 40.4 Å². The minimum atomic E-state index is -3.28. The van der Waals surface area contributed by atoms with E-state index >= 15 is 8.78 Å². The number of halogens is 2. The molecule has 4 aliphatic rings. The molecule has 4 atom stereocenters. The summed E-state index contributed by atoms with van der Waals surface area (Å²) in [7, 11) is 2.51. The number of rotatable bonds is 12. The molecule has 9 rings (SSSR count). The number of hydrogen-bond donors (Lipinski definition) is 4. The van der Waals surface area contributed by atoms with Crippen molar-refractivity contribution in [3.8, 4) is 33.5 Å². The third-order valence-electron chi connectivity index (χ3n) is 13.2. The molecular formula is C49H58F2N8O6. The first-order valence-electron chi connectivity index (χ1n) is 22.6. The van der Waals surface area contributed by atoms with Gasteiger partial charge in [0.1, 0.15) is 24.2 Å². The van der Waals surface area contributed by atoms with E-state index < -0.39 is 24.2 Å². The fourth-order valence-electron chi connectivity index (χ4n) is 9.64. The van der Waals surface area contributed by atoms with Crippen molar-refractivity contribution in [2.45, 2.75) is 104 Å². The molecule has 0 radical (unpaired) electrons. The summed E-state index contributed by atoms with van der Waals surface area (Å²) < 4.78 is 42.5. The summed E-state index contributed by atoms with van der Waals surface area (Å²) in [5.41, 5.74) is 4.55. The zero-order valence-corrected chi connectivity index (χ0v) is 38.0. The molecule has 2 bridgehead atoms. The Kier molecular flexibility index (Phi) is 12.5.